The molecule has 1 heterocycles. The van der Waals surface area contributed by atoms with E-state index < -0.39 is 0 Å². The Kier molecular flexibility index (Phi) is 3.66. The minimum absolute atomic E-state index is 0.0621. The molecule has 22 heavy (non-hydrogen) atoms. The maximum atomic E-state index is 9.32. The van der Waals surface area contributed by atoms with Crippen molar-refractivity contribution < 1.29 is 0 Å². The van der Waals surface area contributed by atoms with Crippen molar-refractivity contribution in [3.05, 3.63) is 76.5 Å². The number of allylic oxidation sites excluding steroid dienone is 1. The molecule has 0 aliphatic heterocycles. The standard InChI is InChI=1S/C18H10ClN3/c19-14-5-3-4-12(8-14)18(13(9-20)10-21)16-11-22-17-7-2-1-6-15(16)17/h1-8,11,22H. The number of hydrogen-bond acceptors (Lipinski definition) is 2. The predicted octanol–water partition coefficient (Wildman–Crippen LogP) is 4.67. The summed E-state index contributed by atoms with van der Waals surface area (Å²) in [7, 11) is 0. The van der Waals surface area contributed by atoms with Crippen LogP contribution in [0.25, 0.3) is 16.5 Å². The van der Waals surface area contributed by atoms with Gasteiger partial charge in [0.15, 0.2) is 0 Å². The molecule has 104 valence electrons. The summed E-state index contributed by atoms with van der Waals surface area (Å²) in [6, 6.07) is 18.9. The third-order valence-electron chi connectivity index (χ3n) is 3.45. The quantitative estimate of drug-likeness (QED) is 0.699. The van der Waals surface area contributed by atoms with E-state index in [9.17, 15) is 10.5 Å². The van der Waals surface area contributed by atoms with Crippen molar-refractivity contribution >= 4 is 28.1 Å². The van der Waals surface area contributed by atoms with Gasteiger partial charge in [-0.25, -0.2) is 0 Å². The monoisotopic (exact) mass is 303 g/mol. The van der Waals surface area contributed by atoms with Crippen LogP contribution in [0.5, 0.6) is 0 Å². The highest BCUT2D eigenvalue weighted by Gasteiger charge is 2.16. The first-order chi connectivity index (χ1) is 10.7. The summed E-state index contributed by atoms with van der Waals surface area (Å²) in [6.45, 7) is 0. The van der Waals surface area contributed by atoms with Crippen LogP contribution >= 0.6 is 11.6 Å². The lowest BCUT2D eigenvalue weighted by molar-refractivity contribution is 1.43. The summed E-state index contributed by atoms with van der Waals surface area (Å²) < 4.78 is 0. The summed E-state index contributed by atoms with van der Waals surface area (Å²) >= 11 is 6.06. The Morgan fingerprint density at radius 3 is 2.50 bits per heavy atom. The normalized spacial score (nSPS) is 9.95. The molecular formula is C18H10ClN3. The highest BCUT2D eigenvalue weighted by atomic mass is 35.5. The van der Waals surface area contributed by atoms with Gasteiger partial charge in [0.25, 0.3) is 0 Å². The van der Waals surface area contributed by atoms with Gasteiger partial charge in [-0.3, -0.25) is 0 Å². The van der Waals surface area contributed by atoms with Crippen molar-refractivity contribution in [2.75, 3.05) is 0 Å². The lowest BCUT2D eigenvalue weighted by Gasteiger charge is -2.08. The largest absolute Gasteiger partial charge is 0.361 e. The van der Waals surface area contributed by atoms with Crippen molar-refractivity contribution in [1.82, 2.24) is 4.98 Å². The highest BCUT2D eigenvalue weighted by Crippen LogP contribution is 2.33. The number of hydrogen-bond donors (Lipinski definition) is 1. The van der Waals surface area contributed by atoms with Gasteiger partial charge in [0.1, 0.15) is 17.7 Å². The fourth-order valence-electron chi connectivity index (χ4n) is 2.49. The third-order valence-corrected chi connectivity index (χ3v) is 3.68. The van der Waals surface area contributed by atoms with Crippen molar-refractivity contribution in [1.29, 1.82) is 10.5 Å². The van der Waals surface area contributed by atoms with E-state index in [1.807, 2.05) is 48.7 Å². The number of benzene rings is 2. The van der Waals surface area contributed by atoms with Crippen LogP contribution in [0, 0.1) is 22.7 Å². The molecule has 3 nitrogen and oxygen atoms in total. The van der Waals surface area contributed by atoms with E-state index in [0.717, 1.165) is 22.0 Å². The van der Waals surface area contributed by atoms with Gasteiger partial charge in [-0.2, -0.15) is 10.5 Å². The van der Waals surface area contributed by atoms with E-state index in [1.54, 1.807) is 18.2 Å². The second-order valence-electron chi connectivity index (χ2n) is 4.73. The number of halogens is 1. The molecule has 0 spiro atoms. The van der Waals surface area contributed by atoms with Gasteiger partial charge < -0.3 is 4.98 Å². The van der Waals surface area contributed by atoms with Crippen LogP contribution in [-0.2, 0) is 0 Å². The maximum absolute atomic E-state index is 9.32. The summed E-state index contributed by atoms with van der Waals surface area (Å²) in [6.07, 6.45) is 1.82. The second kappa shape index (κ2) is 5.77. The molecule has 0 fully saturated rings. The van der Waals surface area contributed by atoms with Crippen LogP contribution < -0.4 is 0 Å². The molecule has 0 aliphatic rings. The van der Waals surface area contributed by atoms with Crippen LogP contribution in [0.1, 0.15) is 11.1 Å². The highest BCUT2D eigenvalue weighted by molar-refractivity contribution is 6.30. The van der Waals surface area contributed by atoms with E-state index in [0.29, 0.717) is 10.6 Å². The van der Waals surface area contributed by atoms with E-state index in [-0.39, 0.29) is 5.57 Å². The van der Waals surface area contributed by atoms with Crippen LogP contribution in [-0.4, -0.2) is 4.98 Å². The minimum Gasteiger partial charge on any atom is -0.361 e. The van der Waals surface area contributed by atoms with E-state index in [2.05, 4.69) is 4.98 Å². The Labute approximate surface area is 132 Å². The Morgan fingerprint density at radius 1 is 1.00 bits per heavy atom. The molecule has 2 aromatic carbocycles. The number of nitrogens with zero attached hydrogens (tertiary/aromatic N) is 2. The number of rotatable bonds is 2. The molecule has 0 bridgehead atoms. The van der Waals surface area contributed by atoms with Gasteiger partial charge in [-0.1, -0.05) is 41.9 Å². The molecule has 1 aromatic heterocycles. The second-order valence-corrected chi connectivity index (χ2v) is 5.17. The van der Waals surface area contributed by atoms with Gasteiger partial charge in [-0.15, -0.1) is 0 Å². The Hall–Kier alpha value is -3.01. The Bertz CT molecular complexity index is 952. The summed E-state index contributed by atoms with van der Waals surface area (Å²) in [5.41, 5.74) is 3.16. The van der Waals surface area contributed by atoms with E-state index in [4.69, 9.17) is 11.6 Å². The van der Waals surface area contributed by atoms with Gasteiger partial charge in [0.2, 0.25) is 0 Å². The number of aromatic amines is 1. The summed E-state index contributed by atoms with van der Waals surface area (Å²) in [5, 5.41) is 20.2. The molecule has 3 rings (SSSR count). The zero-order valence-corrected chi connectivity index (χ0v) is 12.2. The van der Waals surface area contributed by atoms with Crippen molar-refractivity contribution in [3.8, 4) is 12.1 Å². The maximum Gasteiger partial charge on any atom is 0.138 e. The molecule has 0 unspecified atom stereocenters. The zero-order chi connectivity index (χ0) is 15.5. The molecule has 0 amide bonds. The van der Waals surface area contributed by atoms with Crippen molar-refractivity contribution in [2.24, 2.45) is 0 Å². The third kappa shape index (κ3) is 2.35. The van der Waals surface area contributed by atoms with Crippen LogP contribution in [0.15, 0.2) is 60.3 Å². The number of nitrogens with one attached hydrogen (secondary N) is 1. The molecule has 0 atom stereocenters. The van der Waals surface area contributed by atoms with Crippen molar-refractivity contribution in [3.63, 3.8) is 0 Å². The Balaban J connectivity index is 2.36. The SMILES string of the molecule is N#CC(C#N)=C(c1cccc(Cl)c1)c1c[nH]c2ccccc12. The Morgan fingerprint density at radius 2 is 1.77 bits per heavy atom. The first-order valence-electron chi connectivity index (χ1n) is 6.61. The van der Waals surface area contributed by atoms with Crippen LogP contribution in [0.2, 0.25) is 5.02 Å². The first kappa shape index (κ1) is 13.9. The van der Waals surface area contributed by atoms with Gasteiger partial charge in [0.05, 0.1) is 0 Å². The average Bonchev–Trinajstić information content (AvgIpc) is 2.96. The molecule has 0 radical (unpaired) electrons. The number of H-pyrrole nitrogens is 1. The lowest BCUT2D eigenvalue weighted by Crippen LogP contribution is -1.92. The summed E-state index contributed by atoms with van der Waals surface area (Å²) in [5.74, 6) is 0. The predicted molar refractivity (Wildman–Crippen MR) is 87.0 cm³/mol. The van der Waals surface area contributed by atoms with E-state index in [1.165, 1.54) is 0 Å². The molecule has 3 aromatic rings. The number of para-hydroxylation sites is 1. The molecule has 0 aliphatic carbocycles. The lowest BCUT2D eigenvalue weighted by atomic mass is 9.93. The molecule has 4 heteroatoms. The summed E-state index contributed by atoms with van der Waals surface area (Å²) in [4.78, 5) is 3.17. The number of nitriles is 2. The topological polar surface area (TPSA) is 63.4 Å². The number of fused-ring (bicyclic) bond motifs is 1. The number of aromatic nitrogens is 1. The first-order valence-corrected chi connectivity index (χ1v) is 6.99. The van der Waals surface area contributed by atoms with Gasteiger partial charge >= 0.3 is 0 Å². The smallest absolute Gasteiger partial charge is 0.138 e. The molecule has 1 N–H and O–H groups in total. The molecular weight excluding hydrogens is 294 g/mol. The van der Waals surface area contributed by atoms with Crippen LogP contribution in [0.4, 0.5) is 0 Å². The van der Waals surface area contributed by atoms with Crippen LogP contribution in [0.3, 0.4) is 0 Å². The fourth-order valence-corrected chi connectivity index (χ4v) is 2.68. The van der Waals surface area contributed by atoms with Crippen molar-refractivity contribution in [2.45, 2.75) is 0 Å². The van der Waals surface area contributed by atoms with Gasteiger partial charge in [0, 0.05) is 33.3 Å². The van der Waals surface area contributed by atoms with E-state index >= 15 is 0 Å². The fraction of sp³-hybridized carbons (Fsp3) is 0. The molecule has 0 saturated heterocycles. The average molecular weight is 304 g/mol. The molecule has 0 saturated carbocycles. The van der Waals surface area contributed by atoms with Gasteiger partial charge in [-0.05, 0) is 23.8 Å². The zero-order valence-electron chi connectivity index (χ0n) is 11.5. The minimum atomic E-state index is 0.0621.